The van der Waals surface area contributed by atoms with Crippen LogP contribution in [-0.4, -0.2) is 22.4 Å². The maximum absolute atomic E-state index is 13.0. The molecule has 0 aliphatic heterocycles. The van der Waals surface area contributed by atoms with Crippen molar-refractivity contribution in [1.82, 2.24) is 0 Å². The zero-order chi connectivity index (χ0) is 14.5. The molecule has 8 heteroatoms. The van der Waals surface area contributed by atoms with Gasteiger partial charge in [0.1, 0.15) is 0 Å². The molecule has 0 aromatic carbocycles. The average Bonchev–Trinajstić information content (AvgIpc) is 2.39. The summed E-state index contributed by atoms with van der Waals surface area (Å²) in [5.74, 6) is -5.31. The smallest absolute Gasteiger partial charge is 0.389 e. The Kier molecular flexibility index (Phi) is 6.13. The molecule has 1 rings (SSSR count). The Balaban J connectivity index is 2.37. The lowest BCUT2D eigenvalue weighted by Crippen LogP contribution is -2.37. The Labute approximate surface area is 118 Å². The molecule has 0 bridgehead atoms. The van der Waals surface area contributed by atoms with E-state index in [9.17, 15) is 25.4 Å². The molecule has 0 atom stereocenters. The molecule has 0 saturated heterocycles. The first-order valence-corrected chi connectivity index (χ1v) is 7.96. The molecule has 19 heavy (non-hydrogen) atoms. The summed E-state index contributed by atoms with van der Waals surface area (Å²) in [6.45, 7) is -0.776. The third-order valence-corrected chi connectivity index (χ3v) is 4.45. The van der Waals surface area contributed by atoms with Gasteiger partial charge in [0, 0.05) is 0 Å². The van der Waals surface area contributed by atoms with Crippen LogP contribution in [0, 0.1) is 5.92 Å². The molecule has 1 saturated carbocycles. The van der Waals surface area contributed by atoms with Crippen molar-refractivity contribution in [3.8, 4) is 0 Å². The Morgan fingerprint density at radius 1 is 1.16 bits per heavy atom. The monoisotopic (exact) mass is 398 g/mol. The Morgan fingerprint density at radius 2 is 1.74 bits per heavy atom. The van der Waals surface area contributed by atoms with Gasteiger partial charge in [0.25, 0.3) is 0 Å². The SMILES string of the molecule is O=IC(F)(F)C(F)(F)CCOC(=O)C1CCCCC1. The number of hydrogen-bond donors (Lipinski definition) is 0. The summed E-state index contributed by atoms with van der Waals surface area (Å²) in [4.78, 5) is 11.5. The fourth-order valence-electron chi connectivity index (χ4n) is 1.93. The van der Waals surface area contributed by atoms with Crippen LogP contribution in [0.4, 0.5) is 17.6 Å². The lowest BCUT2D eigenvalue weighted by molar-refractivity contribution is -0.165. The Bertz CT molecular complexity index is 330. The van der Waals surface area contributed by atoms with E-state index >= 15 is 0 Å². The summed E-state index contributed by atoms with van der Waals surface area (Å²) in [5.41, 5.74) is 0. The van der Waals surface area contributed by atoms with Crippen molar-refractivity contribution in [2.45, 2.75) is 48.4 Å². The fraction of sp³-hybridized carbons (Fsp3) is 0.909. The minimum atomic E-state index is -4.50. The normalized spacial score (nSPS) is 18.3. The third kappa shape index (κ3) is 4.64. The van der Waals surface area contributed by atoms with Gasteiger partial charge in [-0.15, -0.1) is 0 Å². The van der Waals surface area contributed by atoms with Crippen LogP contribution >= 0.6 is 21.2 Å². The number of carbonyl (C=O) groups is 1. The van der Waals surface area contributed by atoms with E-state index in [4.69, 9.17) is 0 Å². The molecule has 112 valence electrons. The molecule has 0 heterocycles. The first-order valence-electron chi connectivity index (χ1n) is 6.00. The van der Waals surface area contributed by atoms with E-state index in [1.807, 2.05) is 0 Å². The summed E-state index contributed by atoms with van der Waals surface area (Å²) >= 11 is -3.15. The van der Waals surface area contributed by atoms with E-state index in [1.54, 1.807) is 0 Å². The van der Waals surface area contributed by atoms with Gasteiger partial charge in [-0.3, -0.25) is 7.86 Å². The lowest BCUT2D eigenvalue weighted by atomic mass is 9.89. The molecule has 0 radical (unpaired) electrons. The highest BCUT2D eigenvalue weighted by molar-refractivity contribution is 14.1. The molecule has 3 nitrogen and oxygen atoms in total. The molecular weight excluding hydrogens is 383 g/mol. The van der Waals surface area contributed by atoms with Crippen LogP contribution in [0.25, 0.3) is 0 Å². The van der Waals surface area contributed by atoms with Crippen LogP contribution in [-0.2, 0) is 12.6 Å². The summed E-state index contributed by atoms with van der Waals surface area (Å²) in [6, 6.07) is 0. The molecule has 0 aromatic heterocycles. The van der Waals surface area contributed by atoms with Crippen LogP contribution in [0.15, 0.2) is 0 Å². The van der Waals surface area contributed by atoms with E-state index in [0.29, 0.717) is 12.8 Å². The van der Waals surface area contributed by atoms with Crippen molar-refractivity contribution < 1.29 is 30.2 Å². The number of hydrogen-bond acceptors (Lipinski definition) is 3. The summed E-state index contributed by atoms with van der Waals surface area (Å²) in [5, 5.41) is 0. The second-order valence-electron chi connectivity index (χ2n) is 4.53. The van der Waals surface area contributed by atoms with Crippen molar-refractivity contribution in [2.75, 3.05) is 6.61 Å². The highest BCUT2D eigenvalue weighted by atomic mass is 127. The van der Waals surface area contributed by atoms with Crippen molar-refractivity contribution in [3.63, 3.8) is 0 Å². The molecule has 0 unspecified atom stereocenters. The molecular formula is C11H15F4IO3. The molecule has 0 aromatic rings. The molecule has 1 fully saturated rings. The number of alkyl halides is 5. The minimum absolute atomic E-state index is 0.310. The summed E-state index contributed by atoms with van der Waals surface area (Å²) in [7, 11) is 0. The van der Waals surface area contributed by atoms with Crippen LogP contribution in [0.3, 0.4) is 0 Å². The van der Waals surface area contributed by atoms with E-state index in [2.05, 4.69) is 4.74 Å². The maximum Gasteiger partial charge on any atom is 0.389 e. The highest BCUT2D eigenvalue weighted by Gasteiger charge is 2.57. The number of halogens is 5. The van der Waals surface area contributed by atoms with Crippen molar-refractivity contribution in [1.29, 1.82) is 0 Å². The van der Waals surface area contributed by atoms with Gasteiger partial charge in [-0.05, 0) is 12.8 Å². The molecule has 1 aliphatic carbocycles. The first kappa shape index (κ1) is 16.8. The van der Waals surface area contributed by atoms with Crippen molar-refractivity contribution in [3.05, 3.63) is 0 Å². The van der Waals surface area contributed by atoms with Gasteiger partial charge in [-0.1, -0.05) is 19.3 Å². The minimum Gasteiger partial charge on any atom is -0.465 e. The standard InChI is InChI=1S/C11H15F4IO3/c12-10(13,11(14,15)16-18)6-7-19-9(17)8-4-2-1-3-5-8/h8H,1-7H2. The van der Waals surface area contributed by atoms with Crippen LogP contribution in [0.2, 0.25) is 0 Å². The fourth-order valence-corrected chi connectivity index (χ4v) is 2.53. The van der Waals surface area contributed by atoms with Gasteiger partial charge in [-0.2, -0.15) is 17.6 Å². The highest BCUT2D eigenvalue weighted by Crippen LogP contribution is 2.44. The zero-order valence-electron chi connectivity index (χ0n) is 10.1. The van der Waals surface area contributed by atoms with Gasteiger partial charge < -0.3 is 4.74 Å². The largest absolute Gasteiger partial charge is 0.465 e. The van der Waals surface area contributed by atoms with Gasteiger partial charge in [0.15, 0.2) is 0 Å². The first-order chi connectivity index (χ1) is 8.80. The van der Waals surface area contributed by atoms with E-state index in [1.165, 1.54) is 0 Å². The van der Waals surface area contributed by atoms with Crippen molar-refractivity contribution in [2.24, 2.45) is 5.92 Å². The zero-order valence-corrected chi connectivity index (χ0v) is 12.3. The second kappa shape index (κ2) is 6.94. The lowest BCUT2D eigenvalue weighted by Gasteiger charge is -2.22. The summed E-state index contributed by atoms with van der Waals surface area (Å²) in [6.07, 6.45) is 2.79. The van der Waals surface area contributed by atoms with Gasteiger partial charge in [0.05, 0.1) is 18.9 Å². The number of ether oxygens (including phenoxy) is 1. The summed E-state index contributed by atoms with van der Waals surface area (Å²) < 4.78 is 61.5. The van der Waals surface area contributed by atoms with E-state index in [0.717, 1.165) is 19.3 Å². The Morgan fingerprint density at radius 3 is 2.26 bits per heavy atom. The van der Waals surface area contributed by atoms with Gasteiger partial charge >= 0.3 is 15.8 Å². The molecule has 0 N–H and O–H groups in total. The maximum atomic E-state index is 13.0. The third-order valence-electron chi connectivity index (χ3n) is 3.11. The number of carbonyl (C=O) groups excluding carboxylic acids is 1. The van der Waals surface area contributed by atoms with E-state index in [-0.39, 0.29) is 5.92 Å². The molecule has 0 amide bonds. The quantitative estimate of drug-likeness (QED) is 0.294. The van der Waals surface area contributed by atoms with E-state index < -0.39 is 50.0 Å². The van der Waals surface area contributed by atoms with Gasteiger partial charge in [0.2, 0.25) is 21.2 Å². The van der Waals surface area contributed by atoms with Crippen molar-refractivity contribution >= 4 is 27.2 Å². The molecule has 0 spiro atoms. The second-order valence-corrected chi connectivity index (χ2v) is 6.33. The predicted molar refractivity (Wildman–Crippen MR) is 66.8 cm³/mol. The predicted octanol–water partition coefficient (Wildman–Crippen LogP) is 4.04. The Hall–Kier alpha value is -0.280. The number of rotatable bonds is 6. The van der Waals surface area contributed by atoms with Crippen LogP contribution in [0.1, 0.15) is 38.5 Å². The molecule has 1 aliphatic rings. The average molecular weight is 398 g/mol. The van der Waals surface area contributed by atoms with Gasteiger partial charge in [-0.25, -0.2) is 0 Å². The van der Waals surface area contributed by atoms with Crippen LogP contribution < -0.4 is 0 Å². The van der Waals surface area contributed by atoms with Crippen LogP contribution in [0.5, 0.6) is 0 Å². The topological polar surface area (TPSA) is 43.4 Å². The number of esters is 1.